The maximum Gasteiger partial charge on any atom is 0.275 e. The zero-order valence-electron chi connectivity index (χ0n) is 15.7. The molecule has 1 amide bonds. The predicted octanol–water partition coefficient (Wildman–Crippen LogP) is 1.84. The Kier molecular flexibility index (Phi) is 4.87. The molecule has 0 aliphatic heterocycles. The third-order valence-corrected chi connectivity index (χ3v) is 6.91. The van der Waals surface area contributed by atoms with Crippen LogP contribution >= 0.6 is 0 Å². The summed E-state index contributed by atoms with van der Waals surface area (Å²) in [5.74, 6) is 2.70. The molecule has 0 spiro atoms. The van der Waals surface area contributed by atoms with Crippen LogP contribution in [0.2, 0.25) is 0 Å². The van der Waals surface area contributed by atoms with E-state index in [1.54, 1.807) is 6.92 Å². The van der Waals surface area contributed by atoms with Crippen LogP contribution in [0, 0.1) is 17.8 Å². The third-order valence-electron chi connectivity index (χ3n) is 6.91. The van der Waals surface area contributed by atoms with E-state index >= 15 is 0 Å². The smallest absolute Gasteiger partial charge is 0.275 e. The number of quaternary nitrogens is 1. The van der Waals surface area contributed by atoms with Gasteiger partial charge in [0.25, 0.3) is 5.91 Å². The van der Waals surface area contributed by atoms with E-state index in [0.717, 1.165) is 23.3 Å². The lowest BCUT2D eigenvalue weighted by Crippen LogP contribution is -3.00. The van der Waals surface area contributed by atoms with Gasteiger partial charge in [0.1, 0.15) is 0 Å². The highest BCUT2D eigenvalue weighted by Gasteiger charge is 2.53. The van der Waals surface area contributed by atoms with Crippen molar-refractivity contribution >= 4 is 11.7 Å². The summed E-state index contributed by atoms with van der Waals surface area (Å²) in [5, 5.41) is 5.29. The number of nitrogens with one attached hydrogen (secondary N) is 1. The first-order valence-electron chi connectivity index (χ1n) is 10.2. The number of carbonyl (C=O) groups is 2. The molecule has 0 heterocycles. The number of nitrogens with two attached hydrogens (primary N) is 1. The summed E-state index contributed by atoms with van der Waals surface area (Å²) in [6.07, 6.45) is 8.68. The number of rotatable bonds is 7. The average Bonchev–Trinajstić information content (AvgIpc) is 2.59. The van der Waals surface area contributed by atoms with Gasteiger partial charge in [0.2, 0.25) is 0 Å². The number of benzene rings is 1. The highest BCUT2D eigenvalue weighted by atomic mass is 16.2. The van der Waals surface area contributed by atoms with Crippen LogP contribution in [0.5, 0.6) is 0 Å². The second kappa shape index (κ2) is 7.15. The lowest BCUT2D eigenvalue weighted by Gasteiger charge is -2.54. The zero-order valence-corrected chi connectivity index (χ0v) is 15.7. The van der Waals surface area contributed by atoms with Crippen molar-refractivity contribution in [3.05, 3.63) is 35.9 Å². The molecule has 0 saturated heterocycles. The number of Topliss-reactive ketones (excluding diaryl/α,β-unsaturated/α-hetero) is 1. The molecular formula is C22H31N2O2+. The molecule has 1 aromatic carbocycles. The summed E-state index contributed by atoms with van der Waals surface area (Å²) < 4.78 is 0. The zero-order chi connectivity index (χ0) is 18.1. The molecule has 4 heteroatoms. The highest BCUT2D eigenvalue weighted by Crippen LogP contribution is 2.54. The van der Waals surface area contributed by atoms with Crippen LogP contribution in [0.25, 0.3) is 0 Å². The molecule has 4 nitrogen and oxygen atoms in total. The monoisotopic (exact) mass is 355 g/mol. The molecule has 4 saturated carbocycles. The van der Waals surface area contributed by atoms with E-state index in [4.69, 9.17) is 0 Å². The Morgan fingerprint density at radius 1 is 1.08 bits per heavy atom. The van der Waals surface area contributed by atoms with Gasteiger partial charge in [0.05, 0.1) is 11.6 Å². The molecule has 140 valence electrons. The van der Waals surface area contributed by atoms with Crippen molar-refractivity contribution in [3.8, 4) is 0 Å². The Balaban J connectivity index is 1.32. The number of hydrogen-bond acceptors (Lipinski definition) is 2. The molecule has 0 unspecified atom stereocenters. The third kappa shape index (κ3) is 3.85. The summed E-state index contributed by atoms with van der Waals surface area (Å²) >= 11 is 0. The van der Waals surface area contributed by atoms with E-state index in [0.29, 0.717) is 18.5 Å². The van der Waals surface area contributed by atoms with E-state index in [9.17, 15) is 9.59 Å². The summed E-state index contributed by atoms with van der Waals surface area (Å²) in [6.45, 7) is 2.02. The topological polar surface area (TPSA) is 62.8 Å². The summed E-state index contributed by atoms with van der Waals surface area (Å²) in [6, 6.07) is 9.48. The normalized spacial score (nSPS) is 33.0. The molecule has 5 rings (SSSR count). The maximum absolute atomic E-state index is 12.5. The lowest BCUT2D eigenvalue weighted by molar-refractivity contribution is -0.730. The molecule has 4 fully saturated rings. The lowest BCUT2D eigenvalue weighted by atomic mass is 9.53. The van der Waals surface area contributed by atoms with Gasteiger partial charge in [-0.3, -0.25) is 9.59 Å². The molecule has 0 radical (unpaired) electrons. The van der Waals surface area contributed by atoms with Crippen molar-refractivity contribution in [2.24, 2.45) is 17.8 Å². The van der Waals surface area contributed by atoms with E-state index < -0.39 is 6.04 Å². The van der Waals surface area contributed by atoms with Gasteiger partial charge >= 0.3 is 0 Å². The van der Waals surface area contributed by atoms with E-state index in [1.807, 2.05) is 30.3 Å². The minimum absolute atomic E-state index is 0.00289. The van der Waals surface area contributed by atoms with Gasteiger partial charge in [0.15, 0.2) is 12.3 Å². The fourth-order valence-electron chi connectivity index (χ4n) is 6.14. The Hall–Kier alpha value is -1.68. The van der Waals surface area contributed by atoms with Crippen LogP contribution in [0.3, 0.4) is 0 Å². The quantitative estimate of drug-likeness (QED) is 0.784. The molecule has 4 aliphatic rings. The Morgan fingerprint density at radius 3 is 2.19 bits per heavy atom. The fraction of sp³-hybridized carbons (Fsp3) is 0.636. The van der Waals surface area contributed by atoms with Gasteiger partial charge in [-0.25, -0.2) is 0 Å². The van der Waals surface area contributed by atoms with Gasteiger partial charge in [-0.1, -0.05) is 30.3 Å². The second-order valence-corrected chi connectivity index (χ2v) is 9.11. The summed E-state index contributed by atoms with van der Waals surface area (Å²) in [7, 11) is 0. The van der Waals surface area contributed by atoms with E-state index in [2.05, 4.69) is 10.6 Å². The van der Waals surface area contributed by atoms with Gasteiger partial charge in [0, 0.05) is 19.3 Å². The standard InChI is InChI=1S/C22H30N2O2/c1-15(25)20(10-16-5-3-2-4-6-16)24-21(26)14-23-22-11-17-7-18(12-22)9-19(8-17)13-22/h2-6,17-20,23H,7-14H2,1H3,(H,24,26)/p+1/t17?,18?,19?,20-,22?/m0/s1. The summed E-state index contributed by atoms with van der Waals surface area (Å²) in [5.41, 5.74) is 1.38. The largest absolute Gasteiger partial charge is 0.341 e. The van der Waals surface area contributed by atoms with E-state index in [1.165, 1.54) is 38.5 Å². The highest BCUT2D eigenvalue weighted by molar-refractivity contribution is 5.88. The van der Waals surface area contributed by atoms with Crippen LogP contribution in [-0.4, -0.2) is 29.8 Å². The first-order chi connectivity index (χ1) is 12.5. The first kappa shape index (κ1) is 17.7. The van der Waals surface area contributed by atoms with Gasteiger partial charge in [-0.2, -0.15) is 0 Å². The Bertz CT molecular complexity index is 635. The van der Waals surface area contributed by atoms with Gasteiger partial charge in [-0.05, 0) is 55.9 Å². The van der Waals surface area contributed by atoms with Crippen molar-refractivity contribution in [3.63, 3.8) is 0 Å². The molecule has 4 aliphatic carbocycles. The van der Waals surface area contributed by atoms with Crippen molar-refractivity contribution in [1.82, 2.24) is 5.32 Å². The second-order valence-electron chi connectivity index (χ2n) is 9.11. The van der Waals surface area contributed by atoms with Crippen LogP contribution in [-0.2, 0) is 16.0 Å². The predicted molar refractivity (Wildman–Crippen MR) is 100 cm³/mol. The van der Waals surface area contributed by atoms with Crippen molar-refractivity contribution in [2.75, 3.05) is 6.54 Å². The number of carbonyl (C=O) groups excluding carboxylic acids is 2. The Morgan fingerprint density at radius 2 is 1.65 bits per heavy atom. The van der Waals surface area contributed by atoms with Crippen molar-refractivity contribution < 1.29 is 14.9 Å². The van der Waals surface area contributed by atoms with Crippen molar-refractivity contribution in [1.29, 1.82) is 0 Å². The van der Waals surface area contributed by atoms with Crippen LogP contribution in [0.15, 0.2) is 30.3 Å². The van der Waals surface area contributed by atoms with Crippen LogP contribution in [0.1, 0.15) is 51.0 Å². The SMILES string of the molecule is CC(=O)[C@H](Cc1ccccc1)NC(=O)C[NH2+]C12CC3CC(CC(C3)C1)C2. The number of hydrogen-bond donors (Lipinski definition) is 2. The first-order valence-corrected chi connectivity index (χ1v) is 10.2. The molecule has 3 N–H and O–H groups in total. The fourth-order valence-corrected chi connectivity index (χ4v) is 6.14. The minimum Gasteiger partial charge on any atom is -0.341 e. The van der Waals surface area contributed by atoms with Gasteiger partial charge < -0.3 is 10.6 Å². The van der Waals surface area contributed by atoms with Crippen LogP contribution < -0.4 is 10.6 Å². The minimum atomic E-state index is -0.422. The number of ketones is 1. The molecule has 1 aromatic rings. The molecule has 4 bridgehead atoms. The molecule has 0 aromatic heterocycles. The van der Waals surface area contributed by atoms with E-state index in [-0.39, 0.29) is 11.7 Å². The molecular weight excluding hydrogens is 324 g/mol. The molecule has 1 atom stereocenters. The van der Waals surface area contributed by atoms with Crippen LogP contribution in [0.4, 0.5) is 0 Å². The average molecular weight is 356 g/mol. The number of amides is 1. The van der Waals surface area contributed by atoms with Crippen molar-refractivity contribution in [2.45, 2.75) is 63.5 Å². The Labute approximate surface area is 156 Å². The maximum atomic E-state index is 12.5. The summed E-state index contributed by atoms with van der Waals surface area (Å²) in [4.78, 5) is 24.5. The molecule has 26 heavy (non-hydrogen) atoms. The van der Waals surface area contributed by atoms with Gasteiger partial charge in [-0.15, -0.1) is 0 Å².